The van der Waals surface area contributed by atoms with Gasteiger partial charge < -0.3 is 4.90 Å². The summed E-state index contributed by atoms with van der Waals surface area (Å²) in [6.07, 6.45) is 2.68. The summed E-state index contributed by atoms with van der Waals surface area (Å²) >= 11 is 9.90. The molecule has 0 aliphatic carbocycles. The molecule has 0 spiro atoms. The molecular weight excluding hydrogens is 360 g/mol. The number of aliphatic imine (C=N–C) groups is 1. The molecule has 0 aromatic heterocycles. The number of hydrogen-bond acceptors (Lipinski definition) is 1. The van der Waals surface area contributed by atoms with Crippen molar-refractivity contribution >= 4 is 39.6 Å². The standard InChI is InChI=1S/C18H20BrClN2/c1-4-22(3)12-21-18-8-13(2)15(11-17(18)20)9-14-6-5-7-16(19)10-14/h5-8,10-12H,4,9H2,1-3H3. The normalized spacial score (nSPS) is 11.1. The monoisotopic (exact) mass is 378 g/mol. The minimum absolute atomic E-state index is 0.691. The molecule has 0 aliphatic rings. The van der Waals surface area contributed by atoms with Crippen LogP contribution in [0.3, 0.4) is 0 Å². The van der Waals surface area contributed by atoms with Gasteiger partial charge in [-0.05, 0) is 61.2 Å². The topological polar surface area (TPSA) is 15.6 Å². The van der Waals surface area contributed by atoms with Crippen LogP contribution in [0.25, 0.3) is 0 Å². The van der Waals surface area contributed by atoms with Crippen molar-refractivity contribution in [2.24, 2.45) is 4.99 Å². The maximum absolute atomic E-state index is 6.38. The van der Waals surface area contributed by atoms with Gasteiger partial charge in [-0.3, -0.25) is 0 Å². The molecule has 2 aromatic carbocycles. The summed E-state index contributed by atoms with van der Waals surface area (Å²) < 4.78 is 1.09. The van der Waals surface area contributed by atoms with Gasteiger partial charge in [0.1, 0.15) is 0 Å². The number of hydrogen-bond donors (Lipinski definition) is 0. The van der Waals surface area contributed by atoms with Gasteiger partial charge in [0.15, 0.2) is 0 Å². The van der Waals surface area contributed by atoms with Crippen molar-refractivity contribution in [3.8, 4) is 0 Å². The highest BCUT2D eigenvalue weighted by Gasteiger charge is 2.07. The Morgan fingerprint density at radius 3 is 2.73 bits per heavy atom. The van der Waals surface area contributed by atoms with Gasteiger partial charge in [0.25, 0.3) is 0 Å². The van der Waals surface area contributed by atoms with Crippen LogP contribution in [0.4, 0.5) is 5.69 Å². The molecule has 2 rings (SSSR count). The van der Waals surface area contributed by atoms with E-state index in [4.69, 9.17) is 11.6 Å². The number of nitrogens with zero attached hydrogens (tertiary/aromatic N) is 2. The molecule has 116 valence electrons. The smallest absolute Gasteiger partial charge is 0.0910 e. The van der Waals surface area contributed by atoms with Gasteiger partial charge in [0.05, 0.1) is 17.0 Å². The Morgan fingerprint density at radius 2 is 2.05 bits per heavy atom. The Kier molecular flexibility index (Phi) is 6.04. The van der Waals surface area contributed by atoms with Crippen molar-refractivity contribution in [1.29, 1.82) is 0 Å². The highest BCUT2D eigenvalue weighted by molar-refractivity contribution is 9.10. The molecule has 2 aromatic rings. The molecule has 0 radical (unpaired) electrons. The van der Waals surface area contributed by atoms with E-state index < -0.39 is 0 Å². The average molecular weight is 380 g/mol. The maximum atomic E-state index is 6.38. The highest BCUT2D eigenvalue weighted by atomic mass is 79.9. The summed E-state index contributed by atoms with van der Waals surface area (Å²) in [6, 6.07) is 12.4. The number of halogens is 2. The lowest BCUT2D eigenvalue weighted by Crippen LogP contribution is -2.14. The van der Waals surface area contributed by atoms with E-state index in [9.17, 15) is 0 Å². The van der Waals surface area contributed by atoms with Gasteiger partial charge in [-0.25, -0.2) is 4.99 Å². The molecule has 0 saturated carbocycles. The van der Waals surface area contributed by atoms with Gasteiger partial charge in [-0.2, -0.15) is 0 Å². The predicted octanol–water partition coefficient (Wildman–Crippen LogP) is 5.61. The van der Waals surface area contributed by atoms with Gasteiger partial charge in [0, 0.05) is 18.1 Å². The van der Waals surface area contributed by atoms with E-state index in [0.29, 0.717) is 5.02 Å². The quantitative estimate of drug-likeness (QED) is 0.487. The van der Waals surface area contributed by atoms with E-state index in [1.807, 2.05) is 30.4 Å². The van der Waals surface area contributed by atoms with Crippen LogP contribution in [-0.4, -0.2) is 24.8 Å². The van der Waals surface area contributed by atoms with Crippen LogP contribution in [-0.2, 0) is 6.42 Å². The fourth-order valence-corrected chi connectivity index (χ4v) is 2.79. The van der Waals surface area contributed by atoms with Crippen LogP contribution in [0.5, 0.6) is 0 Å². The van der Waals surface area contributed by atoms with Gasteiger partial charge in [-0.15, -0.1) is 0 Å². The minimum atomic E-state index is 0.691. The number of aryl methyl sites for hydroxylation is 1. The molecule has 2 nitrogen and oxygen atoms in total. The van der Waals surface area contributed by atoms with E-state index in [1.54, 1.807) is 0 Å². The third-order valence-electron chi connectivity index (χ3n) is 3.58. The molecule has 0 aliphatic heterocycles. The lowest BCUT2D eigenvalue weighted by Gasteiger charge is -2.11. The Hall–Kier alpha value is -1.32. The second-order valence-corrected chi connectivity index (χ2v) is 6.68. The second-order valence-electron chi connectivity index (χ2n) is 5.35. The lowest BCUT2D eigenvalue weighted by molar-refractivity contribution is 0.552. The summed E-state index contributed by atoms with van der Waals surface area (Å²) in [7, 11) is 1.99. The molecule has 0 atom stereocenters. The first-order valence-electron chi connectivity index (χ1n) is 7.27. The summed E-state index contributed by atoms with van der Waals surface area (Å²) in [4.78, 5) is 6.48. The summed E-state index contributed by atoms with van der Waals surface area (Å²) in [5.41, 5.74) is 4.51. The van der Waals surface area contributed by atoms with Crippen LogP contribution < -0.4 is 0 Å². The fourth-order valence-electron chi connectivity index (χ4n) is 2.11. The van der Waals surface area contributed by atoms with Crippen molar-refractivity contribution in [3.05, 3.63) is 62.6 Å². The first-order chi connectivity index (χ1) is 10.5. The van der Waals surface area contributed by atoms with Crippen molar-refractivity contribution in [2.75, 3.05) is 13.6 Å². The predicted molar refractivity (Wildman–Crippen MR) is 99.6 cm³/mol. The fraction of sp³-hybridized carbons (Fsp3) is 0.278. The Bertz CT molecular complexity index is 683. The SMILES string of the molecule is CCN(C)C=Nc1cc(C)c(Cc2cccc(Br)c2)cc1Cl. The molecule has 0 N–H and O–H groups in total. The molecule has 4 heteroatoms. The largest absolute Gasteiger partial charge is 0.366 e. The van der Waals surface area contributed by atoms with Crippen LogP contribution in [0.2, 0.25) is 5.02 Å². The maximum Gasteiger partial charge on any atom is 0.0910 e. The number of benzene rings is 2. The Morgan fingerprint density at radius 1 is 1.27 bits per heavy atom. The van der Waals surface area contributed by atoms with Crippen molar-refractivity contribution in [1.82, 2.24) is 4.90 Å². The van der Waals surface area contributed by atoms with Crippen LogP contribution in [0.1, 0.15) is 23.6 Å². The first-order valence-corrected chi connectivity index (χ1v) is 8.44. The summed E-state index contributed by atoms with van der Waals surface area (Å²) in [5.74, 6) is 0. The van der Waals surface area contributed by atoms with Gasteiger partial charge in [0.2, 0.25) is 0 Å². The molecule has 0 unspecified atom stereocenters. The summed E-state index contributed by atoms with van der Waals surface area (Å²) in [6.45, 7) is 5.10. The highest BCUT2D eigenvalue weighted by Crippen LogP contribution is 2.29. The molecule has 0 fully saturated rings. The van der Waals surface area contributed by atoms with E-state index in [0.717, 1.165) is 23.1 Å². The van der Waals surface area contributed by atoms with E-state index in [-0.39, 0.29) is 0 Å². The third-order valence-corrected chi connectivity index (χ3v) is 4.38. The van der Waals surface area contributed by atoms with E-state index >= 15 is 0 Å². The van der Waals surface area contributed by atoms with Crippen molar-refractivity contribution in [2.45, 2.75) is 20.3 Å². The Labute approximate surface area is 146 Å². The average Bonchev–Trinajstić information content (AvgIpc) is 2.49. The minimum Gasteiger partial charge on any atom is -0.366 e. The van der Waals surface area contributed by atoms with Crippen molar-refractivity contribution in [3.63, 3.8) is 0 Å². The van der Waals surface area contributed by atoms with Crippen LogP contribution >= 0.6 is 27.5 Å². The second kappa shape index (κ2) is 7.80. The molecule has 0 saturated heterocycles. The molecular formula is C18H20BrClN2. The van der Waals surface area contributed by atoms with Crippen molar-refractivity contribution < 1.29 is 0 Å². The third kappa shape index (κ3) is 4.59. The molecule has 0 heterocycles. The van der Waals surface area contributed by atoms with Gasteiger partial charge >= 0.3 is 0 Å². The summed E-state index contributed by atoms with van der Waals surface area (Å²) in [5, 5.41) is 0.691. The van der Waals surface area contributed by atoms with E-state index in [1.165, 1.54) is 16.7 Å². The number of rotatable bonds is 5. The zero-order valence-electron chi connectivity index (χ0n) is 13.1. The first kappa shape index (κ1) is 17.0. The van der Waals surface area contributed by atoms with Crippen LogP contribution in [0, 0.1) is 6.92 Å². The zero-order chi connectivity index (χ0) is 16.1. The van der Waals surface area contributed by atoms with E-state index in [2.05, 4.69) is 59.0 Å². The molecule has 22 heavy (non-hydrogen) atoms. The Balaban J connectivity index is 2.24. The zero-order valence-corrected chi connectivity index (χ0v) is 15.4. The lowest BCUT2D eigenvalue weighted by atomic mass is 10.00. The van der Waals surface area contributed by atoms with Crippen LogP contribution in [0.15, 0.2) is 45.9 Å². The van der Waals surface area contributed by atoms with Gasteiger partial charge in [-0.1, -0.05) is 39.7 Å². The molecule has 0 bridgehead atoms. The molecule has 0 amide bonds.